The van der Waals surface area contributed by atoms with Gasteiger partial charge < -0.3 is 15.2 Å². The third-order valence-electron chi connectivity index (χ3n) is 3.74. The highest BCUT2D eigenvalue weighted by atomic mass is 19.1. The Morgan fingerprint density at radius 1 is 1.25 bits per heavy atom. The van der Waals surface area contributed by atoms with Gasteiger partial charge in [-0.2, -0.15) is 0 Å². The van der Waals surface area contributed by atoms with Crippen molar-refractivity contribution in [2.75, 3.05) is 6.61 Å². The minimum Gasteiger partial charge on any atom is -0.491 e. The van der Waals surface area contributed by atoms with Crippen molar-refractivity contribution in [3.63, 3.8) is 0 Å². The molecule has 24 heavy (non-hydrogen) atoms. The van der Waals surface area contributed by atoms with Gasteiger partial charge in [-0.3, -0.25) is 4.79 Å². The van der Waals surface area contributed by atoms with Gasteiger partial charge in [0.15, 0.2) is 0 Å². The minimum absolute atomic E-state index is 0.0426. The molecule has 0 saturated heterocycles. The molecule has 1 amide bonds. The molecular weight excluding hydrogens is 316 g/mol. The van der Waals surface area contributed by atoms with Gasteiger partial charge in [-0.05, 0) is 37.1 Å². The molecule has 6 heteroatoms. The lowest BCUT2D eigenvalue weighted by Crippen LogP contribution is -2.25. The Kier molecular flexibility index (Phi) is 4.76. The number of benzene rings is 2. The fourth-order valence-corrected chi connectivity index (χ4v) is 2.26. The van der Waals surface area contributed by atoms with Gasteiger partial charge in [0.05, 0.1) is 0 Å². The van der Waals surface area contributed by atoms with E-state index in [9.17, 15) is 18.7 Å². The summed E-state index contributed by atoms with van der Waals surface area (Å²) in [5.41, 5.74) is 0.417. The van der Waals surface area contributed by atoms with E-state index < -0.39 is 17.7 Å². The minimum atomic E-state index is -1.24. The van der Waals surface area contributed by atoms with Gasteiger partial charge in [0.2, 0.25) is 0 Å². The van der Waals surface area contributed by atoms with Crippen LogP contribution >= 0.6 is 0 Å². The van der Waals surface area contributed by atoms with E-state index in [0.29, 0.717) is 17.4 Å². The first-order chi connectivity index (χ1) is 11.5. The van der Waals surface area contributed by atoms with Crippen LogP contribution in [0.3, 0.4) is 0 Å². The number of amides is 1. The van der Waals surface area contributed by atoms with E-state index in [1.165, 1.54) is 6.07 Å². The first-order valence-corrected chi connectivity index (χ1v) is 7.69. The maximum atomic E-state index is 13.6. The van der Waals surface area contributed by atoms with Gasteiger partial charge in [-0.15, -0.1) is 0 Å². The molecule has 1 saturated carbocycles. The number of carbonyl (C=O) groups excluding carboxylic acids is 1. The Bertz CT molecular complexity index is 747. The van der Waals surface area contributed by atoms with Crippen molar-refractivity contribution in [2.24, 2.45) is 0 Å². The summed E-state index contributed by atoms with van der Waals surface area (Å²) in [5.74, 6) is -1.32. The summed E-state index contributed by atoms with van der Waals surface area (Å²) in [5, 5.41) is 12.9. The highest BCUT2D eigenvalue weighted by Gasteiger charge is 2.24. The van der Waals surface area contributed by atoms with Crippen LogP contribution in [-0.2, 0) is 0 Å². The van der Waals surface area contributed by atoms with E-state index in [-0.39, 0.29) is 24.1 Å². The highest BCUT2D eigenvalue weighted by Crippen LogP contribution is 2.22. The summed E-state index contributed by atoms with van der Waals surface area (Å²) in [7, 11) is 0. The molecule has 0 heterocycles. The molecule has 2 N–H and O–H groups in total. The first kappa shape index (κ1) is 16.4. The fourth-order valence-electron chi connectivity index (χ4n) is 2.26. The van der Waals surface area contributed by atoms with E-state index in [4.69, 9.17) is 4.74 Å². The normalized spacial score (nSPS) is 15.0. The topological polar surface area (TPSA) is 58.6 Å². The summed E-state index contributed by atoms with van der Waals surface area (Å²) in [6.07, 6.45) is 0.754. The Morgan fingerprint density at radius 2 is 2.04 bits per heavy atom. The molecule has 1 unspecified atom stereocenters. The summed E-state index contributed by atoms with van der Waals surface area (Å²) in [4.78, 5) is 12.0. The molecule has 4 nitrogen and oxygen atoms in total. The molecule has 0 aromatic heterocycles. The molecule has 126 valence electrons. The standard InChI is InChI=1S/C18H17F2NO3/c19-12-4-7-15(16(20)9-12)17(22)10-24-14-3-1-2-11(8-14)18(23)21-13-5-6-13/h1-4,7-9,13,17,22H,5-6,10H2,(H,21,23). The Morgan fingerprint density at radius 3 is 2.75 bits per heavy atom. The molecule has 1 aliphatic carbocycles. The summed E-state index contributed by atoms with van der Waals surface area (Å²) in [6, 6.07) is 9.75. The van der Waals surface area contributed by atoms with Crippen molar-refractivity contribution >= 4 is 5.91 Å². The first-order valence-electron chi connectivity index (χ1n) is 7.69. The zero-order valence-electron chi connectivity index (χ0n) is 12.8. The van der Waals surface area contributed by atoms with Crippen molar-refractivity contribution in [1.82, 2.24) is 5.32 Å². The zero-order chi connectivity index (χ0) is 17.1. The fraction of sp³-hybridized carbons (Fsp3) is 0.278. The van der Waals surface area contributed by atoms with E-state index in [1.807, 2.05) is 0 Å². The third-order valence-corrected chi connectivity index (χ3v) is 3.74. The van der Waals surface area contributed by atoms with Gasteiger partial charge in [0.25, 0.3) is 5.91 Å². The quantitative estimate of drug-likeness (QED) is 0.854. The SMILES string of the molecule is O=C(NC1CC1)c1cccc(OCC(O)c2ccc(F)cc2F)c1. The Hall–Kier alpha value is -2.47. The molecule has 0 aliphatic heterocycles. The van der Waals surface area contributed by atoms with Crippen LogP contribution in [0.5, 0.6) is 5.75 Å². The molecule has 1 atom stereocenters. The summed E-state index contributed by atoms with van der Waals surface area (Å²) >= 11 is 0. The smallest absolute Gasteiger partial charge is 0.251 e. The predicted octanol–water partition coefficient (Wildman–Crippen LogP) is 2.97. The molecular formula is C18H17F2NO3. The number of hydrogen-bond acceptors (Lipinski definition) is 3. The van der Waals surface area contributed by atoms with Gasteiger partial charge in [-0.25, -0.2) is 8.78 Å². The second-order valence-corrected chi connectivity index (χ2v) is 5.77. The zero-order valence-corrected chi connectivity index (χ0v) is 12.8. The lowest BCUT2D eigenvalue weighted by Gasteiger charge is -2.14. The second kappa shape index (κ2) is 6.97. The number of halogens is 2. The lowest BCUT2D eigenvalue weighted by atomic mass is 10.1. The van der Waals surface area contributed by atoms with Gasteiger partial charge in [-0.1, -0.05) is 12.1 Å². The van der Waals surface area contributed by atoms with Crippen LogP contribution in [0.1, 0.15) is 34.9 Å². The van der Waals surface area contributed by atoms with Gasteiger partial charge in [0.1, 0.15) is 30.1 Å². The highest BCUT2D eigenvalue weighted by molar-refractivity contribution is 5.94. The number of rotatable bonds is 6. The maximum Gasteiger partial charge on any atom is 0.251 e. The summed E-state index contributed by atoms with van der Waals surface area (Å²) < 4.78 is 31.9. The second-order valence-electron chi connectivity index (χ2n) is 5.77. The number of hydrogen-bond donors (Lipinski definition) is 2. The van der Waals surface area contributed by atoms with Crippen molar-refractivity contribution < 1.29 is 23.4 Å². The molecule has 2 aromatic rings. The number of carbonyl (C=O) groups is 1. The molecule has 1 fully saturated rings. The molecule has 0 radical (unpaired) electrons. The molecule has 1 aliphatic rings. The monoisotopic (exact) mass is 333 g/mol. The molecule has 0 spiro atoms. The largest absolute Gasteiger partial charge is 0.491 e. The van der Waals surface area contributed by atoms with Crippen LogP contribution in [0, 0.1) is 11.6 Å². The number of nitrogens with one attached hydrogen (secondary N) is 1. The Balaban J connectivity index is 1.62. The van der Waals surface area contributed by atoms with Crippen LogP contribution in [-0.4, -0.2) is 23.7 Å². The van der Waals surface area contributed by atoms with Gasteiger partial charge in [0, 0.05) is 23.2 Å². The maximum absolute atomic E-state index is 13.6. The van der Waals surface area contributed by atoms with E-state index in [2.05, 4.69) is 5.32 Å². The van der Waals surface area contributed by atoms with Crippen LogP contribution in [0.2, 0.25) is 0 Å². The van der Waals surface area contributed by atoms with Crippen molar-refractivity contribution in [1.29, 1.82) is 0 Å². The van der Waals surface area contributed by atoms with Crippen LogP contribution < -0.4 is 10.1 Å². The average Bonchev–Trinajstić information content (AvgIpc) is 3.37. The summed E-state index contributed by atoms with van der Waals surface area (Å²) in [6.45, 7) is -0.212. The van der Waals surface area contributed by atoms with Crippen LogP contribution in [0.4, 0.5) is 8.78 Å². The predicted molar refractivity (Wildman–Crippen MR) is 83.7 cm³/mol. The van der Waals surface area contributed by atoms with E-state index >= 15 is 0 Å². The Labute approximate surface area is 138 Å². The number of aliphatic hydroxyl groups is 1. The molecule has 0 bridgehead atoms. The number of aliphatic hydroxyl groups excluding tert-OH is 1. The molecule has 2 aromatic carbocycles. The van der Waals surface area contributed by atoms with E-state index in [1.54, 1.807) is 24.3 Å². The van der Waals surface area contributed by atoms with Crippen LogP contribution in [0.15, 0.2) is 42.5 Å². The van der Waals surface area contributed by atoms with Crippen molar-refractivity contribution in [3.8, 4) is 5.75 Å². The van der Waals surface area contributed by atoms with E-state index in [0.717, 1.165) is 18.9 Å². The molecule has 3 rings (SSSR count). The average molecular weight is 333 g/mol. The number of ether oxygens (including phenoxy) is 1. The lowest BCUT2D eigenvalue weighted by molar-refractivity contribution is 0.0949. The van der Waals surface area contributed by atoms with Crippen molar-refractivity contribution in [2.45, 2.75) is 25.0 Å². The van der Waals surface area contributed by atoms with Crippen LogP contribution in [0.25, 0.3) is 0 Å². The van der Waals surface area contributed by atoms with Crippen molar-refractivity contribution in [3.05, 3.63) is 65.2 Å². The third kappa shape index (κ3) is 4.08. The van der Waals surface area contributed by atoms with Gasteiger partial charge >= 0.3 is 0 Å².